The number of carbonyl (C=O) groups is 4. The minimum atomic E-state index is -1.41. The number of amides is 4. The summed E-state index contributed by atoms with van der Waals surface area (Å²) in [5, 5.41) is 13.3. The van der Waals surface area contributed by atoms with Crippen LogP contribution < -0.4 is 20.1 Å². The summed E-state index contributed by atoms with van der Waals surface area (Å²) in [6.07, 6.45) is 6.42. The van der Waals surface area contributed by atoms with Gasteiger partial charge in [-0.1, -0.05) is 29.7 Å². The van der Waals surface area contributed by atoms with Crippen LogP contribution in [0.2, 0.25) is 5.02 Å². The number of urea groups is 1. The minimum absolute atomic E-state index is 0.0483. The van der Waals surface area contributed by atoms with Crippen LogP contribution in [0.5, 0.6) is 5.75 Å². The second-order valence-electron chi connectivity index (χ2n) is 5.97. The molecule has 0 spiro atoms. The van der Waals surface area contributed by atoms with Crippen LogP contribution in [0.3, 0.4) is 0 Å². The quantitative estimate of drug-likeness (QED) is 0.441. The number of barbiturate groups is 1. The Bertz CT molecular complexity index is 1130. The van der Waals surface area contributed by atoms with Gasteiger partial charge in [0, 0.05) is 10.6 Å². The highest BCUT2D eigenvalue weighted by Gasteiger charge is 2.37. The largest absolute Gasteiger partial charge is 0.545 e. The molecule has 0 aliphatic carbocycles. The molecule has 4 amide bonds. The van der Waals surface area contributed by atoms with Gasteiger partial charge in [-0.25, -0.2) is 9.69 Å². The molecule has 1 aliphatic rings. The lowest BCUT2D eigenvalue weighted by Crippen LogP contribution is -2.54. The maximum Gasteiger partial charge on any atom is 0.335 e. The first-order chi connectivity index (χ1) is 14.3. The van der Waals surface area contributed by atoms with E-state index in [-0.39, 0.29) is 29.2 Å². The monoisotopic (exact) mass is 423 g/mol. The third kappa shape index (κ3) is 4.16. The van der Waals surface area contributed by atoms with E-state index < -0.39 is 23.8 Å². The van der Waals surface area contributed by atoms with Crippen LogP contribution in [-0.4, -0.2) is 30.4 Å². The van der Waals surface area contributed by atoms with Crippen LogP contribution in [0, 0.1) is 12.3 Å². The van der Waals surface area contributed by atoms with E-state index in [9.17, 15) is 24.3 Å². The van der Waals surface area contributed by atoms with E-state index in [2.05, 4.69) is 11.2 Å². The smallest absolute Gasteiger partial charge is 0.335 e. The Morgan fingerprint density at radius 3 is 2.53 bits per heavy atom. The maximum atomic E-state index is 12.9. The van der Waals surface area contributed by atoms with Crippen LogP contribution in [0.15, 0.2) is 48.0 Å². The normalized spacial score (nSPS) is 15.0. The van der Waals surface area contributed by atoms with Gasteiger partial charge in [-0.05, 0) is 42.0 Å². The molecule has 0 radical (unpaired) electrons. The molecule has 0 bridgehead atoms. The molecular weight excluding hydrogens is 412 g/mol. The van der Waals surface area contributed by atoms with Crippen molar-refractivity contribution in [1.29, 1.82) is 0 Å². The highest BCUT2D eigenvalue weighted by atomic mass is 35.5. The number of nitrogens with one attached hydrogen (secondary N) is 1. The topological polar surface area (TPSA) is 116 Å². The number of aromatic carboxylic acids is 1. The molecule has 1 aliphatic heterocycles. The zero-order valence-corrected chi connectivity index (χ0v) is 15.9. The second-order valence-corrected chi connectivity index (χ2v) is 6.40. The molecule has 3 rings (SSSR count). The molecule has 2 aromatic carbocycles. The molecular formula is C21H12ClN2O6-. The molecule has 0 unspecified atom stereocenters. The summed E-state index contributed by atoms with van der Waals surface area (Å²) in [6, 6.07) is 8.41. The van der Waals surface area contributed by atoms with Crippen molar-refractivity contribution in [1.82, 2.24) is 5.32 Å². The third-order valence-electron chi connectivity index (χ3n) is 4.05. The average molecular weight is 424 g/mol. The van der Waals surface area contributed by atoms with Gasteiger partial charge in [0.1, 0.15) is 17.9 Å². The van der Waals surface area contributed by atoms with Crippen molar-refractivity contribution in [3.8, 4) is 18.1 Å². The highest BCUT2D eigenvalue weighted by molar-refractivity contribution is 6.39. The van der Waals surface area contributed by atoms with Crippen molar-refractivity contribution >= 4 is 47.2 Å². The molecule has 1 saturated heterocycles. The highest BCUT2D eigenvalue weighted by Crippen LogP contribution is 2.28. The fourth-order valence-electron chi connectivity index (χ4n) is 2.68. The van der Waals surface area contributed by atoms with Gasteiger partial charge in [0.25, 0.3) is 11.8 Å². The van der Waals surface area contributed by atoms with Crippen molar-refractivity contribution in [3.05, 3.63) is 64.2 Å². The van der Waals surface area contributed by atoms with Crippen molar-refractivity contribution in [2.45, 2.75) is 0 Å². The summed E-state index contributed by atoms with van der Waals surface area (Å²) in [7, 11) is 0. The molecule has 8 nitrogen and oxygen atoms in total. The summed E-state index contributed by atoms with van der Waals surface area (Å²) in [6.45, 7) is -0.0483. The molecule has 1 fully saturated rings. The Balaban J connectivity index is 2.02. The number of carboxylic acids is 1. The number of rotatable bonds is 5. The predicted molar refractivity (Wildman–Crippen MR) is 106 cm³/mol. The molecule has 9 heteroatoms. The van der Waals surface area contributed by atoms with Gasteiger partial charge in [-0.2, -0.15) is 0 Å². The average Bonchev–Trinajstić information content (AvgIpc) is 2.70. The Kier molecular flexibility index (Phi) is 5.85. The van der Waals surface area contributed by atoms with Crippen molar-refractivity contribution in [2.75, 3.05) is 11.5 Å². The Morgan fingerprint density at radius 1 is 1.20 bits per heavy atom. The number of hydrogen-bond donors (Lipinski definition) is 1. The number of terminal acetylenes is 1. The lowest BCUT2D eigenvalue weighted by molar-refractivity contribution is -0.255. The summed E-state index contributed by atoms with van der Waals surface area (Å²) in [4.78, 5) is 49.1. The van der Waals surface area contributed by atoms with Crippen LogP contribution in [-0.2, 0) is 9.59 Å². The van der Waals surface area contributed by atoms with Gasteiger partial charge in [0.2, 0.25) is 0 Å². The van der Waals surface area contributed by atoms with Crippen LogP contribution >= 0.6 is 11.6 Å². The van der Waals surface area contributed by atoms with E-state index in [4.69, 9.17) is 22.8 Å². The number of imide groups is 2. The first kappa shape index (κ1) is 20.6. The van der Waals surface area contributed by atoms with Gasteiger partial charge >= 0.3 is 6.03 Å². The standard InChI is InChI=1S/C21H13ClN2O6/c1-2-9-30-17-8-5-14(22)10-13(17)11-16-18(25)23-21(29)24(19(16)26)15-6-3-12(4-7-15)20(27)28/h1,3-8,10-11H,9H2,(H,27,28)(H,23,25,29)/p-1/b16-11-. The number of ether oxygens (including phenoxy) is 1. The third-order valence-corrected chi connectivity index (χ3v) is 4.28. The van der Waals surface area contributed by atoms with Gasteiger partial charge in [0.05, 0.1) is 11.7 Å². The molecule has 1 N–H and O–H groups in total. The lowest BCUT2D eigenvalue weighted by Gasteiger charge is -2.26. The number of nitrogens with zero attached hydrogens (tertiary/aromatic N) is 1. The number of carboxylic acid groups (broad SMARTS) is 1. The predicted octanol–water partition coefficient (Wildman–Crippen LogP) is 1.38. The van der Waals surface area contributed by atoms with E-state index in [1.54, 1.807) is 6.07 Å². The minimum Gasteiger partial charge on any atom is -0.545 e. The summed E-state index contributed by atoms with van der Waals surface area (Å²) in [5.41, 5.74) is -0.121. The van der Waals surface area contributed by atoms with E-state index in [1.807, 2.05) is 0 Å². The number of carbonyl (C=O) groups excluding carboxylic acids is 4. The van der Waals surface area contributed by atoms with Crippen LogP contribution in [0.4, 0.5) is 10.5 Å². The number of hydrogen-bond acceptors (Lipinski definition) is 6. The van der Waals surface area contributed by atoms with Gasteiger partial charge in [-0.15, -0.1) is 6.42 Å². The fourth-order valence-corrected chi connectivity index (χ4v) is 2.86. The molecule has 2 aromatic rings. The first-order valence-electron chi connectivity index (χ1n) is 8.40. The van der Waals surface area contributed by atoms with E-state index in [0.717, 1.165) is 0 Å². The van der Waals surface area contributed by atoms with Crippen molar-refractivity contribution < 1.29 is 29.0 Å². The van der Waals surface area contributed by atoms with Gasteiger partial charge in [0.15, 0.2) is 0 Å². The van der Waals surface area contributed by atoms with E-state index in [0.29, 0.717) is 15.5 Å². The van der Waals surface area contributed by atoms with Crippen LogP contribution in [0.25, 0.3) is 6.08 Å². The van der Waals surface area contributed by atoms with Gasteiger partial charge in [-0.3, -0.25) is 14.9 Å². The molecule has 0 atom stereocenters. The van der Waals surface area contributed by atoms with Crippen LogP contribution in [0.1, 0.15) is 15.9 Å². The number of halogens is 1. The second kappa shape index (κ2) is 8.51. The van der Waals surface area contributed by atoms with Crippen molar-refractivity contribution in [2.24, 2.45) is 0 Å². The molecule has 0 saturated carbocycles. The Hall–Kier alpha value is -4.09. The molecule has 1 heterocycles. The fraction of sp³-hybridized carbons (Fsp3) is 0.0476. The summed E-state index contributed by atoms with van der Waals surface area (Å²) in [5.74, 6) is -0.637. The SMILES string of the molecule is C#CCOc1ccc(Cl)cc1/C=C1/C(=O)NC(=O)N(c2ccc(C(=O)[O-])cc2)C1=O. The Labute approximate surface area is 175 Å². The molecule has 150 valence electrons. The number of benzene rings is 2. The molecule has 30 heavy (non-hydrogen) atoms. The zero-order valence-electron chi connectivity index (χ0n) is 15.2. The lowest BCUT2D eigenvalue weighted by atomic mass is 10.1. The summed E-state index contributed by atoms with van der Waals surface area (Å²) >= 11 is 6.00. The number of anilines is 1. The maximum absolute atomic E-state index is 12.9. The summed E-state index contributed by atoms with van der Waals surface area (Å²) < 4.78 is 5.40. The zero-order chi connectivity index (χ0) is 21.8. The molecule has 0 aromatic heterocycles. The van der Waals surface area contributed by atoms with E-state index in [1.165, 1.54) is 42.5 Å². The first-order valence-corrected chi connectivity index (χ1v) is 8.78. The van der Waals surface area contributed by atoms with Crippen molar-refractivity contribution in [3.63, 3.8) is 0 Å². The van der Waals surface area contributed by atoms with E-state index >= 15 is 0 Å². The Morgan fingerprint density at radius 2 is 1.90 bits per heavy atom. The van der Waals surface area contributed by atoms with Gasteiger partial charge < -0.3 is 14.6 Å².